The highest BCUT2D eigenvalue weighted by Gasteiger charge is 2.26. The molecule has 0 fully saturated rings. The summed E-state index contributed by atoms with van der Waals surface area (Å²) in [4.78, 5) is 26.2. The van der Waals surface area contributed by atoms with Crippen LogP contribution in [0, 0.1) is 5.82 Å². The van der Waals surface area contributed by atoms with Gasteiger partial charge in [-0.25, -0.2) is 4.39 Å². The molecule has 2 aromatic carbocycles. The highest BCUT2D eigenvalue weighted by molar-refractivity contribution is 6.31. The quantitative estimate of drug-likeness (QED) is 0.858. The van der Waals surface area contributed by atoms with Crippen LogP contribution in [0.4, 0.5) is 4.39 Å². The number of halogens is 2. The van der Waals surface area contributed by atoms with E-state index in [-0.39, 0.29) is 24.8 Å². The number of nitrogens with one attached hydrogen (secondary N) is 1. The number of hydrogen-bond acceptors (Lipinski definition) is 2. The standard InChI is InChI=1S/C19H20ClFN2O2/c1-13(19(25)22-2)23(12-15-8-3-5-9-16(15)20)18(24)11-14-7-4-6-10-17(14)21/h3-10,13H,11-12H2,1-2H3,(H,22,25). The summed E-state index contributed by atoms with van der Waals surface area (Å²) in [5.74, 6) is -1.09. The number of benzene rings is 2. The lowest BCUT2D eigenvalue weighted by Gasteiger charge is -2.28. The number of nitrogens with zero attached hydrogens (tertiary/aromatic N) is 1. The van der Waals surface area contributed by atoms with Crippen molar-refractivity contribution < 1.29 is 14.0 Å². The Morgan fingerprint density at radius 1 is 1.12 bits per heavy atom. The number of rotatable bonds is 6. The van der Waals surface area contributed by atoms with Crippen molar-refractivity contribution >= 4 is 23.4 Å². The summed E-state index contributed by atoms with van der Waals surface area (Å²) < 4.78 is 13.9. The van der Waals surface area contributed by atoms with Crippen molar-refractivity contribution in [2.75, 3.05) is 7.05 Å². The minimum absolute atomic E-state index is 0.127. The second-order valence-electron chi connectivity index (χ2n) is 5.67. The van der Waals surface area contributed by atoms with Crippen LogP contribution in [0.3, 0.4) is 0 Å². The second-order valence-corrected chi connectivity index (χ2v) is 6.08. The number of amides is 2. The second kappa shape index (κ2) is 8.62. The summed E-state index contributed by atoms with van der Waals surface area (Å²) in [6.45, 7) is 1.80. The predicted molar refractivity (Wildman–Crippen MR) is 95.6 cm³/mol. The minimum Gasteiger partial charge on any atom is -0.357 e. The van der Waals surface area contributed by atoms with E-state index in [2.05, 4.69) is 5.32 Å². The van der Waals surface area contributed by atoms with Crippen molar-refractivity contribution in [1.82, 2.24) is 10.2 Å². The third-order valence-corrected chi connectivity index (χ3v) is 4.38. The van der Waals surface area contributed by atoms with Crippen LogP contribution in [0.2, 0.25) is 5.02 Å². The van der Waals surface area contributed by atoms with Crippen LogP contribution in [0.5, 0.6) is 0 Å². The van der Waals surface area contributed by atoms with Gasteiger partial charge in [0.2, 0.25) is 11.8 Å². The molecular formula is C19H20ClFN2O2. The molecule has 4 nitrogen and oxygen atoms in total. The van der Waals surface area contributed by atoms with Crippen molar-refractivity contribution in [3.05, 3.63) is 70.5 Å². The highest BCUT2D eigenvalue weighted by atomic mass is 35.5. The Hall–Kier alpha value is -2.40. The van der Waals surface area contributed by atoms with Crippen LogP contribution in [0.15, 0.2) is 48.5 Å². The molecule has 1 atom stereocenters. The Morgan fingerprint density at radius 3 is 2.32 bits per heavy atom. The molecule has 0 aliphatic heterocycles. The molecule has 0 spiro atoms. The first-order chi connectivity index (χ1) is 11.9. The van der Waals surface area contributed by atoms with Gasteiger partial charge >= 0.3 is 0 Å². The third kappa shape index (κ3) is 4.79. The molecule has 1 unspecified atom stereocenters. The summed E-state index contributed by atoms with van der Waals surface area (Å²) in [6, 6.07) is 12.5. The Bertz CT molecular complexity index is 767. The fraction of sp³-hybridized carbons (Fsp3) is 0.263. The summed E-state index contributed by atoms with van der Waals surface area (Å²) in [7, 11) is 1.51. The van der Waals surface area contributed by atoms with Crippen LogP contribution in [-0.4, -0.2) is 29.8 Å². The molecule has 0 heterocycles. The van der Waals surface area contributed by atoms with Crippen molar-refractivity contribution in [2.24, 2.45) is 0 Å². The van der Waals surface area contributed by atoms with Gasteiger partial charge in [0.05, 0.1) is 6.42 Å². The lowest BCUT2D eigenvalue weighted by Crippen LogP contribution is -2.47. The summed E-state index contributed by atoms with van der Waals surface area (Å²) in [5.41, 5.74) is 1.02. The van der Waals surface area contributed by atoms with Crippen LogP contribution in [0.1, 0.15) is 18.1 Å². The molecular weight excluding hydrogens is 343 g/mol. The monoisotopic (exact) mass is 362 g/mol. The molecule has 0 radical (unpaired) electrons. The topological polar surface area (TPSA) is 49.4 Å². The molecule has 132 valence electrons. The minimum atomic E-state index is -0.708. The fourth-order valence-corrected chi connectivity index (χ4v) is 2.70. The predicted octanol–water partition coefficient (Wildman–Crippen LogP) is 3.18. The maximum atomic E-state index is 13.9. The first-order valence-electron chi connectivity index (χ1n) is 7.92. The zero-order valence-corrected chi connectivity index (χ0v) is 14.9. The van der Waals surface area contributed by atoms with E-state index in [0.717, 1.165) is 5.56 Å². The van der Waals surface area contributed by atoms with Gasteiger partial charge in [0.1, 0.15) is 11.9 Å². The van der Waals surface area contributed by atoms with Gasteiger partial charge in [-0.15, -0.1) is 0 Å². The van der Waals surface area contributed by atoms with Gasteiger partial charge in [-0.1, -0.05) is 48.0 Å². The molecule has 2 rings (SSSR count). The molecule has 0 bridgehead atoms. The van der Waals surface area contributed by atoms with E-state index in [4.69, 9.17) is 11.6 Å². The van der Waals surface area contributed by atoms with E-state index >= 15 is 0 Å². The largest absolute Gasteiger partial charge is 0.357 e. The van der Waals surface area contributed by atoms with Gasteiger partial charge in [-0.3, -0.25) is 9.59 Å². The Balaban J connectivity index is 2.27. The van der Waals surface area contributed by atoms with E-state index in [0.29, 0.717) is 10.6 Å². The van der Waals surface area contributed by atoms with E-state index in [1.54, 1.807) is 43.3 Å². The van der Waals surface area contributed by atoms with Gasteiger partial charge in [-0.05, 0) is 30.2 Å². The molecule has 2 aromatic rings. The highest BCUT2D eigenvalue weighted by Crippen LogP contribution is 2.20. The lowest BCUT2D eigenvalue weighted by molar-refractivity contribution is -0.139. The van der Waals surface area contributed by atoms with Crippen LogP contribution < -0.4 is 5.32 Å². The third-order valence-electron chi connectivity index (χ3n) is 4.01. The molecule has 0 aliphatic carbocycles. The van der Waals surface area contributed by atoms with Crippen LogP contribution in [-0.2, 0) is 22.6 Å². The van der Waals surface area contributed by atoms with Crippen LogP contribution in [0.25, 0.3) is 0 Å². The number of likely N-dealkylation sites (N-methyl/N-ethyl adjacent to an activating group) is 1. The van der Waals surface area contributed by atoms with Crippen molar-refractivity contribution in [2.45, 2.75) is 25.9 Å². The maximum absolute atomic E-state index is 13.9. The first-order valence-corrected chi connectivity index (χ1v) is 8.29. The smallest absolute Gasteiger partial charge is 0.242 e. The SMILES string of the molecule is CNC(=O)C(C)N(Cc1ccccc1Cl)C(=O)Cc1ccccc1F. The van der Waals surface area contributed by atoms with Gasteiger partial charge in [-0.2, -0.15) is 0 Å². The fourth-order valence-electron chi connectivity index (χ4n) is 2.51. The zero-order valence-electron chi connectivity index (χ0n) is 14.1. The summed E-state index contributed by atoms with van der Waals surface area (Å²) >= 11 is 6.18. The van der Waals surface area contributed by atoms with Gasteiger partial charge < -0.3 is 10.2 Å². The molecule has 0 saturated heterocycles. The summed E-state index contributed by atoms with van der Waals surface area (Å²) in [5, 5.41) is 3.05. The van der Waals surface area contributed by atoms with E-state index in [9.17, 15) is 14.0 Å². The van der Waals surface area contributed by atoms with Crippen LogP contribution >= 0.6 is 11.6 Å². The zero-order chi connectivity index (χ0) is 18.4. The maximum Gasteiger partial charge on any atom is 0.242 e. The molecule has 2 amide bonds. The molecule has 0 aliphatic rings. The van der Waals surface area contributed by atoms with E-state index in [1.807, 2.05) is 6.07 Å². The molecule has 0 aromatic heterocycles. The average molecular weight is 363 g/mol. The average Bonchev–Trinajstić information content (AvgIpc) is 2.61. The molecule has 0 saturated carbocycles. The van der Waals surface area contributed by atoms with Crippen molar-refractivity contribution in [3.8, 4) is 0 Å². The number of carbonyl (C=O) groups excluding carboxylic acids is 2. The lowest BCUT2D eigenvalue weighted by atomic mass is 10.1. The van der Waals surface area contributed by atoms with E-state index < -0.39 is 11.9 Å². The summed E-state index contributed by atoms with van der Waals surface area (Å²) in [6.07, 6.45) is -0.127. The first kappa shape index (κ1) is 18.9. The normalized spacial score (nSPS) is 11.7. The molecule has 1 N–H and O–H groups in total. The molecule has 25 heavy (non-hydrogen) atoms. The van der Waals surface area contributed by atoms with Gasteiger partial charge in [0.25, 0.3) is 0 Å². The van der Waals surface area contributed by atoms with Gasteiger partial charge in [0, 0.05) is 18.6 Å². The number of hydrogen-bond donors (Lipinski definition) is 1. The molecule has 6 heteroatoms. The Morgan fingerprint density at radius 2 is 1.72 bits per heavy atom. The van der Waals surface area contributed by atoms with Gasteiger partial charge in [0.15, 0.2) is 0 Å². The van der Waals surface area contributed by atoms with E-state index in [1.165, 1.54) is 18.0 Å². The van der Waals surface area contributed by atoms with Crippen molar-refractivity contribution in [3.63, 3.8) is 0 Å². The Kier molecular flexibility index (Phi) is 6.53. The Labute approximate surface area is 151 Å². The number of carbonyl (C=O) groups is 2. The van der Waals surface area contributed by atoms with Crippen molar-refractivity contribution in [1.29, 1.82) is 0 Å².